The van der Waals surface area contributed by atoms with Gasteiger partial charge >= 0.3 is 5.97 Å². The highest BCUT2D eigenvalue weighted by molar-refractivity contribution is 6.31. The summed E-state index contributed by atoms with van der Waals surface area (Å²) in [5.41, 5.74) is 3.38. The Morgan fingerprint density at radius 3 is 2.82 bits per heavy atom. The van der Waals surface area contributed by atoms with Crippen molar-refractivity contribution in [1.82, 2.24) is 14.5 Å². The molecule has 2 heterocycles. The predicted molar refractivity (Wildman–Crippen MR) is 110 cm³/mol. The second-order valence-electron chi connectivity index (χ2n) is 6.79. The first kappa shape index (κ1) is 19.0. The highest BCUT2D eigenvalue weighted by Gasteiger charge is 2.27. The zero-order valence-corrected chi connectivity index (χ0v) is 16.9. The molecule has 28 heavy (non-hydrogen) atoms. The number of halogens is 2. The molecular formula is C20H20Cl2N4O2. The molecule has 0 amide bonds. The number of carbonyl (C=O) groups excluding carboxylic acids is 1. The van der Waals surface area contributed by atoms with Crippen molar-refractivity contribution in [1.29, 1.82) is 0 Å². The lowest BCUT2D eigenvalue weighted by Crippen LogP contribution is -2.29. The quantitative estimate of drug-likeness (QED) is 0.626. The zero-order chi connectivity index (χ0) is 19.7. The maximum absolute atomic E-state index is 12.1. The number of rotatable bonds is 5. The van der Waals surface area contributed by atoms with E-state index in [9.17, 15) is 4.79 Å². The molecule has 0 spiro atoms. The molecule has 8 heteroatoms. The Kier molecular flexibility index (Phi) is 5.42. The smallest absolute Gasteiger partial charge is 0.325 e. The van der Waals surface area contributed by atoms with Gasteiger partial charge in [0, 0.05) is 27.7 Å². The highest BCUT2D eigenvalue weighted by Crippen LogP contribution is 2.34. The average Bonchev–Trinajstić information content (AvgIpc) is 2.96. The van der Waals surface area contributed by atoms with Gasteiger partial charge in [-0.3, -0.25) is 4.79 Å². The molecular weight excluding hydrogens is 399 g/mol. The van der Waals surface area contributed by atoms with E-state index < -0.39 is 0 Å². The molecule has 6 nitrogen and oxygen atoms in total. The Labute approximate surface area is 172 Å². The van der Waals surface area contributed by atoms with Gasteiger partial charge in [0.1, 0.15) is 6.54 Å². The molecule has 1 aliphatic rings. The van der Waals surface area contributed by atoms with Crippen molar-refractivity contribution >= 4 is 46.0 Å². The van der Waals surface area contributed by atoms with Gasteiger partial charge < -0.3 is 14.6 Å². The van der Waals surface area contributed by atoms with Crippen molar-refractivity contribution in [3.8, 4) is 0 Å². The van der Waals surface area contributed by atoms with Crippen molar-refractivity contribution in [2.24, 2.45) is 0 Å². The fraction of sp³-hybridized carbons (Fsp3) is 0.350. The minimum atomic E-state index is -0.230. The summed E-state index contributed by atoms with van der Waals surface area (Å²) >= 11 is 12.1. The van der Waals surface area contributed by atoms with Crippen molar-refractivity contribution in [2.45, 2.75) is 38.8 Å². The molecule has 0 radical (unpaired) electrons. The lowest BCUT2D eigenvalue weighted by atomic mass is 9.91. The van der Waals surface area contributed by atoms with Crippen molar-refractivity contribution in [2.75, 3.05) is 11.9 Å². The lowest BCUT2D eigenvalue weighted by molar-refractivity contribution is -0.143. The number of fused-ring (bicyclic) bond motifs is 3. The summed E-state index contributed by atoms with van der Waals surface area (Å²) in [6.45, 7) is 2.40. The van der Waals surface area contributed by atoms with Gasteiger partial charge in [0.05, 0.1) is 24.0 Å². The monoisotopic (exact) mass is 418 g/mol. The van der Waals surface area contributed by atoms with E-state index in [2.05, 4.69) is 19.9 Å². The van der Waals surface area contributed by atoms with E-state index in [1.807, 2.05) is 25.1 Å². The van der Waals surface area contributed by atoms with Gasteiger partial charge in [0.15, 0.2) is 0 Å². The molecule has 146 valence electrons. The van der Waals surface area contributed by atoms with Crippen LogP contribution in [0.4, 0.5) is 5.95 Å². The Bertz CT molecular complexity index is 1020. The molecule has 2 aromatic heterocycles. The topological polar surface area (TPSA) is 69.0 Å². The number of benzene rings is 1. The zero-order valence-electron chi connectivity index (χ0n) is 15.4. The van der Waals surface area contributed by atoms with Gasteiger partial charge in [-0.15, -0.1) is 0 Å². The summed E-state index contributed by atoms with van der Waals surface area (Å²) in [4.78, 5) is 20.6. The SMILES string of the molecule is CCOC(=O)Cn1c2c(c3cc(Cl)ccc31)CC(Nc1ncc(Cl)cn1)CC2. The van der Waals surface area contributed by atoms with Crippen LogP contribution in [0.1, 0.15) is 24.6 Å². The second kappa shape index (κ2) is 7.97. The molecule has 0 fully saturated rings. The summed E-state index contributed by atoms with van der Waals surface area (Å²) in [5.74, 6) is 0.332. The summed E-state index contributed by atoms with van der Waals surface area (Å²) < 4.78 is 7.23. The van der Waals surface area contributed by atoms with Gasteiger partial charge in [-0.25, -0.2) is 9.97 Å². The maximum Gasteiger partial charge on any atom is 0.325 e. The first-order valence-corrected chi connectivity index (χ1v) is 10.00. The predicted octanol–water partition coefficient (Wildman–Crippen LogP) is 4.27. The number of esters is 1. The van der Waals surface area contributed by atoms with E-state index in [0.29, 0.717) is 22.6 Å². The largest absolute Gasteiger partial charge is 0.465 e. The molecule has 0 aliphatic heterocycles. The third kappa shape index (κ3) is 3.80. The summed E-state index contributed by atoms with van der Waals surface area (Å²) in [7, 11) is 0. The molecule has 1 unspecified atom stereocenters. The Balaban J connectivity index is 1.66. The van der Waals surface area contributed by atoms with Crippen LogP contribution in [0.25, 0.3) is 10.9 Å². The third-order valence-electron chi connectivity index (χ3n) is 4.97. The fourth-order valence-electron chi connectivity index (χ4n) is 3.83. The van der Waals surface area contributed by atoms with E-state index in [-0.39, 0.29) is 18.6 Å². The summed E-state index contributed by atoms with van der Waals surface area (Å²) in [6, 6.07) is 5.99. The van der Waals surface area contributed by atoms with E-state index in [4.69, 9.17) is 27.9 Å². The number of ether oxygens (including phenoxy) is 1. The van der Waals surface area contributed by atoms with Crippen LogP contribution in [0.5, 0.6) is 0 Å². The van der Waals surface area contributed by atoms with Crippen molar-refractivity contribution in [3.05, 3.63) is 51.9 Å². The molecule has 1 atom stereocenters. The normalized spacial score (nSPS) is 16.0. The van der Waals surface area contributed by atoms with Crippen LogP contribution in [0, 0.1) is 0 Å². The van der Waals surface area contributed by atoms with Gasteiger partial charge in [-0.05, 0) is 49.9 Å². The van der Waals surface area contributed by atoms with Gasteiger partial charge in [0.25, 0.3) is 0 Å². The number of aromatic nitrogens is 3. The molecule has 0 saturated heterocycles. The van der Waals surface area contributed by atoms with E-state index in [1.165, 1.54) is 11.3 Å². The number of hydrogen-bond acceptors (Lipinski definition) is 5. The molecule has 0 saturated carbocycles. The Hall–Kier alpha value is -2.31. The van der Waals surface area contributed by atoms with Crippen LogP contribution in [-0.4, -0.2) is 33.2 Å². The molecule has 3 aromatic rings. The lowest BCUT2D eigenvalue weighted by Gasteiger charge is -2.25. The molecule has 0 bridgehead atoms. The molecule has 4 rings (SSSR count). The maximum atomic E-state index is 12.1. The number of carbonyl (C=O) groups is 1. The Morgan fingerprint density at radius 1 is 1.29 bits per heavy atom. The van der Waals surface area contributed by atoms with Crippen LogP contribution in [0.2, 0.25) is 10.0 Å². The molecule has 1 N–H and O–H groups in total. The van der Waals surface area contributed by atoms with Gasteiger partial charge in [0.2, 0.25) is 5.95 Å². The minimum absolute atomic E-state index is 0.189. The second-order valence-corrected chi connectivity index (χ2v) is 7.66. The van der Waals surface area contributed by atoms with Gasteiger partial charge in [-0.2, -0.15) is 0 Å². The molecule has 1 aromatic carbocycles. The average molecular weight is 419 g/mol. The van der Waals surface area contributed by atoms with Crippen LogP contribution < -0.4 is 5.32 Å². The number of nitrogens with one attached hydrogen (secondary N) is 1. The van der Waals surface area contributed by atoms with E-state index >= 15 is 0 Å². The summed E-state index contributed by atoms with van der Waals surface area (Å²) in [5, 5.41) is 5.65. The van der Waals surface area contributed by atoms with Crippen LogP contribution in [0.3, 0.4) is 0 Å². The number of hydrogen-bond donors (Lipinski definition) is 1. The third-order valence-corrected chi connectivity index (χ3v) is 5.41. The number of nitrogens with zero attached hydrogens (tertiary/aromatic N) is 3. The van der Waals surface area contributed by atoms with Crippen LogP contribution in [-0.2, 0) is 28.9 Å². The van der Waals surface area contributed by atoms with Crippen molar-refractivity contribution in [3.63, 3.8) is 0 Å². The van der Waals surface area contributed by atoms with E-state index in [1.54, 1.807) is 12.4 Å². The standard InChI is InChI=1S/C20H20Cl2N4O2/c1-2-28-19(27)11-26-17-5-3-12(21)7-15(17)16-8-14(4-6-18(16)26)25-20-23-9-13(22)10-24-20/h3,5,7,9-10,14H,2,4,6,8,11H2,1H3,(H,23,24,25). The van der Waals surface area contributed by atoms with Crippen molar-refractivity contribution < 1.29 is 9.53 Å². The Morgan fingerprint density at radius 2 is 2.07 bits per heavy atom. The van der Waals surface area contributed by atoms with Crippen LogP contribution >= 0.6 is 23.2 Å². The number of anilines is 1. The fourth-order valence-corrected chi connectivity index (χ4v) is 4.10. The summed E-state index contributed by atoms with van der Waals surface area (Å²) in [6.07, 6.45) is 5.71. The molecule has 1 aliphatic carbocycles. The first-order chi connectivity index (χ1) is 13.5. The highest BCUT2D eigenvalue weighted by atomic mass is 35.5. The van der Waals surface area contributed by atoms with Gasteiger partial charge in [-0.1, -0.05) is 23.2 Å². The first-order valence-electron chi connectivity index (χ1n) is 9.24. The minimum Gasteiger partial charge on any atom is -0.465 e. The van der Waals surface area contributed by atoms with Crippen LogP contribution in [0.15, 0.2) is 30.6 Å². The van der Waals surface area contributed by atoms with E-state index in [0.717, 1.165) is 30.2 Å².